The van der Waals surface area contributed by atoms with Gasteiger partial charge in [-0.15, -0.1) is 0 Å². The van der Waals surface area contributed by atoms with E-state index < -0.39 is 10.0 Å². The molecule has 0 aliphatic heterocycles. The molecule has 0 aromatic heterocycles. The normalized spacial score (nSPS) is 11.6. The van der Waals surface area contributed by atoms with Crippen molar-refractivity contribution in [2.45, 2.75) is 31.7 Å². The number of benzene rings is 4. The first-order valence-electron chi connectivity index (χ1n) is 11.7. The van der Waals surface area contributed by atoms with Crippen LogP contribution in [0.25, 0.3) is 10.8 Å². The Hall–Kier alpha value is -3.48. The van der Waals surface area contributed by atoms with E-state index in [1.807, 2.05) is 85.8 Å². The quantitative estimate of drug-likeness (QED) is 0.362. The first-order chi connectivity index (χ1) is 16.8. The Morgan fingerprint density at radius 1 is 0.857 bits per heavy atom. The fraction of sp³-hybridized carbons (Fsp3) is 0.207. The first kappa shape index (κ1) is 24.6. The first-order valence-corrected chi connectivity index (χ1v) is 13.1. The number of fused-ring (bicyclic) bond motifs is 1. The summed E-state index contributed by atoms with van der Waals surface area (Å²) in [4.78, 5) is 13.2. The number of rotatable bonds is 9. The van der Waals surface area contributed by atoms with Gasteiger partial charge in [0.2, 0.25) is 15.9 Å². The Labute approximate surface area is 207 Å². The number of amides is 1. The van der Waals surface area contributed by atoms with Gasteiger partial charge in [0.05, 0.1) is 11.4 Å². The third-order valence-corrected chi connectivity index (χ3v) is 8.12. The van der Waals surface area contributed by atoms with E-state index in [0.717, 1.165) is 27.5 Å². The van der Waals surface area contributed by atoms with Crippen LogP contribution in [-0.2, 0) is 27.8 Å². The summed E-state index contributed by atoms with van der Waals surface area (Å²) in [7, 11) is -3.86. The number of sulfonamides is 1. The van der Waals surface area contributed by atoms with Gasteiger partial charge in [0.15, 0.2) is 0 Å². The van der Waals surface area contributed by atoms with E-state index >= 15 is 0 Å². The summed E-state index contributed by atoms with van der Waals surface area (Å²) in [6.07, 6.45) is 0.515. The van der Waals surface area contributed by atoms with Crippen LogP contribution in [0.5, 0.6) is 0 Å². The van der Waals surface area contributed by atoms with E-state index in [1.54, 1.807) is 19.1 Å². The number of carbonyl (C=O) groups excluding carboxylic acids is 1. The van der Waals surface area contributed by atoms with E-state index in [0.29, 0.717) is 18.5 Å². The summed E-state index contributed by atoms with van der Waals surface area (Å²) in [5.74, 6) is -0.333. The Morgan fingerprint density at radius 3 is 2.37 bits per heavy atom. The van der Waals surface area contributed by atoms with Crippen molar-refractivity contribution >= 4 is 26.7 Å². The molecule has 180 valence electrons. The van der Waals surface area contributed by atoms with Gasteiger partial charge in [-0.1, -0.05) is 84.9 Å². The van der Waals surface area contributed by atoms with Crippen LogP contribution in [-0.4, -0.2) is 31.7 Å². The molecule has 0 spiro atoms. The lowest BCUT2D eigenvalue weighted by Gasteiger charge is -2.23. The second-order valence-electron chi connectivity index (χ2n) is 8.76. The Morgan fingerprint density at radius 2 is 1.57 bits per heavy atom. The minimum atomic E-state index is -3.86. The van der Waals surface area contributed by atoms with E-state index in [2.05, 4.69) is 5.32 Å². The van der Waals surface area contributed by atoms with E-state index in [-0.39, 0.29) is 23.9 Å². The van der Waals surface area contributed by atoms with Gasteiger partial charge < -0.3 is 5.32 Å². The minimum absolute atomic E-state index is 0.210. The van der Waals surface area contributed by atoms with Crippen molar-refractivity contribution in [3.05, 3.63) is 113 Å². The van der Waals surface area contributed by atoms with Gasteiger partial charge in [0.1, 0.15) is 0 Å². The summed E-state index contributed by atoms with van der Waals surface area (Å²) in [5, 5.41) is 5.09. The number of nitrogens with zero attached hydrogens (tertiary/aromatic N) is 1. The average Bonchev–Trinajstić information content (AvgIpc) is 2.87. The molecule has 0 saturated heterocycles. The molecule has 0 heterocycles. The highest BCUT2D eigenvalue weighted by Crippen LogP contribution is 2.22. The molecule has 6 heteroatoms. The number of nitrogens with one attached hydrogen (secondary N) is 1. The molecule has 0 aliphatic rings. The molecule has 5 nitrogen and oxygen atoms in total. The van der Waals surface area contributed by atoms with Gasteiger partial charge in [0.25, 0.3) is 0 Å². The fourth-order valence-electron chi connectivity index (χ4n) is 4.16. The second kappa shape index (κ2) is 10.8. The van der Waals surface area contributed by atoms with Gasteiger partial charge in [0, 0.05) is 13.1 Å². The van der Waals surface area contributed by atoms with Crippen LogP contribution in [0.3, 0.4) is 0 Å². The van der Waals surface area contributed by atoms with Crippen molar-refractivity contribution < 1.29 is 13.2 Å². The number of hydrogen-bond acceptors (Lipinski definition) is 3. The highest BCUT2D eigenvalue weighted by atomic mass is 32.2. The maximum Gasteiger partial charge on any atom is 0.243 e. The van der Waals surface area contributed by atoms with Crippen molar-refractivity contribution in [1.29, 1.82) is 0 Å². The summed E-state index contributed by atoms with van der Waals surface area (Å²) in [6, 6.07) is 29.0. The second-order valence-corrected chi connectivity index (χ2v) is 10.7. The number of carbonyl (C=O) groups is 1. The molecule has 0 fully saturated rings. The molecule has 35 heavy (non-hydrogen) atoms. The lowest BCUT2D eigenvalue weighted by atomic mass is 10.0. The summed E-state index contributed by atoms with van der Waals surface area (Å²) in [6.45, 7) is 3.94. The number of aryl methyl sites for hydroxylation is 2. The van der Waals surface area contributed by atoms with Gasteiger partial charge in [-0.2, -0.15) is 4.31 Å². The van der Waals surface area contributed by atoms with Crippen LogP contribution in [0.2, 0.25) is 0 Å². The highest BCUT2D eigenvalue weighted by molar-refractivity contribution is 7.89. The standard InChI is InChI=1S/C29H30N2O3S/c1-22-15-16-23(2)28(19-22)35(33,34)31(18-17-24-9-4-3-5-10-24)21-29(32)30-20-26-13-8-12-25-11-6-7-14-27(25)26/h3-16,19H,17-18,20-21H2,1-2H3,(H,30,32). The molecule has 0 saturated carbocycles. The Balaban J connectivity index is 1.54. The van der Waals surface area contributed by atoms with Crippen LogP contribution in [0.15, 0.2) is 95.9 Å². The lowest BCUT2D eigenvalue weighted by molar-refractivity contribution is -0.121. The van der Waals surface area contributed by atoms with Crippen LogP contribution in [0, 0.1) is 13.8 Å². The van der Waals surface area contributed by atoms with Gasteiger partial charge >= 0.3 is 0 Å². The monoisotopic (exact) mass is 486 g/mol. The molecule has 1 amide bonds. The van der Waals surface area contributed by atoms with Gasteiger partial charge in [-0.05, 0) is 59.4 Å². The van der Waals surface area contributed by atoms with Crippen molar-refractivity contribution in [2.75, 3.05) is 13.1 Å². The van der Waals surface area contributed by atoms with E-state index in [4.69, 9.17) is 0 Å². The van der Waals surface area contributed by atoms with Crippen molar-refractivity contribution in [2.24, 2.45) is 0 Å². The Bertz CT molecular complexity index is 1430. The van der Waals surface area contributed by atoms with E-state index in [9.17, 15) is 13.2 Å². The maximum absolute atomic E-state index is 13.7. The Kier molecular flexibility index (Phi) is 7.63. The van der Waals surface area contributed by atoms with Crippen LogP contribution >= 0.6 is 0 Å². The smallest absolute Gasteiger partial charge is 0.243 e. The molecule has 0 bridgehead atoms. The third kappa shape index (κ3) is 5.96. The highest BCUT2D eigenvalue weighted by Gasteiger charge is 2.28. The largest absolute Gasteiger partial charge is 0.351 e. The SMILES string of the molecule is Cc1ccc(C)c(S(=O)(=O)N(CCc2ccccc2)CC(=O)NCc2cccc3ccccc23)c1. The number of hydrogen-bond donors (Lipinski definition) is 1. The predicted octanol–water partition coefficient (Wildman–Crippen LogP) is 5.01. The molecule has 0 radical (unpaired) electrons. The van der Waals surface area contributed by atoms with Crippen LogP contribution < -0.4 is 5.32 Å². The predicted molar refractivity (Wildman–Crippen MR) is 141 cm³/mol. The molecule has 4 aromatic rings. The molecule has 4 rings (SSSR count). The third-order valence-electron chi connectivity index (χ3n) is 6.13. The summed E-state index contributed by atoms with van der Waals surface area (Å²) >= 11 is 0. The topological polar surface area (TPSA) is 66.5 Å². The van der Waals surface area contributed by atoms with Crippen LogP contribution in [0.4, 0.5) is 0 Å². The van der Waals surface area contributed by atoms with Crippen molar-refractivity contribution in [3.63, 3.8) is 0 Å². The van der Waals surface area contributed by atoms with Gasteiger partial charge in [-0.25, -0.2) is 8.42 Å². The molecule has 4 aromatic carbocycles. The van der Waals surface area contributed by atoms with Crippen molar-refractivity contribution in [1.82, 2.24) is 9.62 Å². The van der Waals surface area contributed by atoms with Gasteiger partial charge in [-0.3, -0.25) is 4.79 Å². The molecule has 0 aliphatic carbocycles. The average molecular weight is 487 g/mol. The zero-order valence-corrected chi connectivity index (χ0v) is 20.9. The zero-order valence-electron chi connectivity index (χ0n) is 20.1. The molecule has 0 unspecified atom stereocenters. The molecule has 0 atom stereocenters. The zero-order chi connectivity index (χ0) is 24.8. The van der Waals surface area contributed by atoms with E-state index in [1.165, 1.54) is 4.31 Å². The van der Waals surface area contributed by atoms with Crippen molar-refractivity contribution in [3.8, 4) is 0 Å². The lowest BCUT2D eigenvalue weighted by Crippen LogP contribution is -2.41. The maximum atomic E-state index is 13.7. The molecular weight excluding hydrogens is 456 g/mol. The molecule has 1 N–H and O–H groups in total. The fourth-order valence-corrected chi connectivity index (χ4v) is 5.87. The molecular formula is C29H30N2O3S. The minimum Gasteiger partial charge on any atom is -0.351 e. The van der Waals surface area contributed by atoms with Crippen LogP contribution in [0.1, 0.15) is 22.3 Å². The summed E-state index contributed by atoms with van der Waals surface area (Å²) in [5.41, 5.74) is 3.53. The summed E-state index contributed by atoms with van der Waals surface area (Å²) < 4.78 is 28.6.